The molecule has 4 N–H and O–H groups in total. The fraction of sp³-hybridized carbons (Fsp3) is 0.909. The number of carbonyl (C=O) groups excluding carboxylic acids is 1. The van der Waals surface area contributed by atoms with Crippen LogP contribution < -0.4 is 0 Å². The lowest BCUT2D eigenvalue weighted by atomic mass is 10.0. The Hall–Kier alpha value is -0.740. The second-order valence-electron chi connectivity index (χ2n) is 4.69. The molecule has 0 radical (unpaired) electrons. The van der Waals surface area contributed by atoms with Gasteiger partial charge in [-0.05, 0) is 19.8 Å². The predicted molar refractivity (Wildman–Crippen MR) is 69.4 cm³/mol. The first-order chi connectivity index (χ1) is 9.20. The van der Waals surface area contributed by atoms with E-state index < -0.39 is 33.5 Å². The van der Waals surface area contributed by atoms with E-state index in [9.17, 15) is 23.4 Å². The van der Waals surface area contributed by atoms with Crippen LogP contribution in [0.15, 0.2) is 0 Å². The van der Waals surface area contributed by atoms with Gasteiger partial charge in [0, 0.05) is 6.42 Å². The quantitative estimate of drug-likeness (QED) is 0.196. The van der Waals surface area contributed by atoms with Crippen LogP contribution >= 0.6 is 0 Å². The highest BCUT2D eigenvalue weighted by molar-refractivity contribution is 7.86. The number of hydrogen-bond acceptors (Lipinski definition) is 7. The molecule has 0 saturated carbocycles. The van der Waals surface area contributed by atoms with E-state index in [4.69, 9.17) is 9.81 Å². The average molecular weight is 314 g/mol. The minimum Gasteiger partial charge on any atom is -0.390 e. The van der Waals surface area contributed by atoms with Crippen molar-refractivity contribution in [3.8, 4) is 0 Å². The summed E-state index contributed by atoms with van der Waals surface area (Å²) in [5.41, 5.74) is 0. The Bertz CT molecular complexity index is 380. The highest BCUT2D eigenvalue weighted by Crippen LogP contribution is 2.14. The number of unbranched alkanes of at least 4 members (excludes halogenated alkanes) is 3. The van der Waals surface area contributed by atoms with E-state index in [1.807, 2.05) is 0 Å². The van der Waals surface area contributed by atoms with Crippen molar-refractivity contribution in [2.75, 3.05) is 0 Å². The number of rotatable bonds is 10. The topological polar surface area (TPSA) is 141 Å². The zero-order chi connectivity index (χ0) is 15.8. The lowest BCUT2D eigenvalue weighted by Crippen LogP contribution is -2.40. The number of carbonyl (C=O) groups is 1. The van der Waals surface area contributed by atoms with Gasteiger partial charge in [0.2, 0.25) is 0 Å². The molecular formula is C11H22O8S. The molecule has 20 heavy (non-hydrogen) atoms. The molecule has 0 spiro atoms. The minimum absolute atomic E-state index is 0.0987. The predicted octanol–water partition coefficient (Wildman–Crippen LogP) is 0.341. The van der Waals surface area contributed by atoms with Gasteiger partial charge in [0.25, 0.3) is 10.1 Å². The molecule has 0 aliphatic carbocycles. The molecule has 3 atom stereocenters. The van der Waals surface area contributed by atoms with Gasteiger partial charge in [0.15, 0.2) is 0 Å². The van der Waals surface area contributed by atoms with E-state index in [-0.39, 0.29) is 12.8 Å². The minimum atomic E-state index is -4.38. The summed E-state index contributed by atoms with van der Waals surface area (Å²) in [7, 11) is -4.38. The molecular weight excluding hydrogens is 292 g/mol. The average Bonchev–Trinajstić information content (AvgIpc) is 2.39. The molecule has 8 nitrogen and oxygen atoms in total. The van der Waals surface area contributed by atoms with Gasteiger partial charge in [-0.25, -0.2) is 4.79 Å². The third-order valence-electron chi connectivity index (χ3n) is 3.08. The monoisotopic (exact) mass is 314 g/mol. The van der Waals surface area contributed by atoms with Crippen LogP contribution in [0.5, 0.6) is 0 Å². The van der Waals surface area contributed by atoms with Gasteiger partial charge in [-0.2, -0.15) is 13.7 Å². The van der Waals surface area contributed by atoms with E-state index >= 15 is 0 Å². The molecule has 120 valence electrons. The van der Waals surface area contributed by atoms with Gasteiger partial charge in [0.05, 0.1) is 12.2 Å². The lowest BCUT2D eigenvalue weighted by Gasteiger charge is -2.21. The standard InChI is InChI=1S/C11H22O8S/c1-8(20(16,17)18)11(14)9(12)6-4-2-3-5-7-10(13)19-15/h8-9,11-12,14-15H,2-7H2,1H3,(H,16,17,18). The molecule has 0 aromatic rings. The molecule has 0 amide bonds. The molecule has 9 heteroatoms. The number of aliphatic hydroxyl groups is 2. The van der Waals surface area contributed by atoms with Gasteiger partial charge in [0.1, 0.15) is 5.25 Å². The van der Waals surface area contributed by atoms with Crippen molar-refractivity contribution < 1.29 is 38.1 Å². The van der Waals surface area contributed by atoms with Crippen LogP contribution in [0.2, 0.25) is 0 Å². The fourth-order valence-corrected chi connectivity index (χ4v) is 2.22. The Labute approximate surface area is 118 Å². The maximum Gasteiger partial charge on any atom is 0.342 e. The van der Waals surface area contributed by atoms with E-state index in [0.29, 0.717) is 25.7 Å². The van der Waals surface area contributed by atoms with Crippen molar-refractivity contribution in [2.45, 2.75) is 62.9 Å². The van der Waals surface area contributed by atoms with Crippen molar-refractivity contribution in [1.82, 2.24) is 0 Å². The third-order valence-corrected chi connectivity index (χ3v) is 4.30. The first-order valence-corrected chi connectivity index (χ1v) is 7.87. The normalized spacial score (nSPS) is 16.4. The summed E-state index contributed by atoms with van der Waals surface area (Å²) in [6.07, 6.45) is -0.102. The van der Waals surface area contributed by atoms with Crippen LogP contribution in [0.25, 0.3) is 0 Å². The maximum atomic E-state index is 10.8. The van der Waals surface area contributed by atoms with Crippen LogP contribution in [0.1, 0.15) is 45.4 Å². The van der Waals surface area contributed by atoms with Gasteiger partial charge >= 0.3 is 5.97 Å². The van der Waals surface area contributed by atoms with Crippen LogP contribution in [-0.4, -0.2) is 51.9 Å². The Balaban J connectivity index is 3.83. The van der Waals surface area contributed by atoms with E-state index in [2.05, 4.69) is 4.89 Å². The van der Waals surface area contributed by atoms with Gasteiger partial charge in [-0.15, -0.1) is 0 Å². The summed E-state index contributed by atoms with van der Waals surface area (Å²) in [6, 6.07) is 0. The molecule has 0 aliphatic heterocycles. The van der Waals surface area contributed by atoms with Crippen LogP contribution in [-0.2, 0) is 19.8 Å². The molecule has 3 unspecified atom stereocenters. The van der Waals surface area contributed by atoms with Gasteiger partial charge in [-0.1, -0.05) is 19.3 Å². The highest BCUT2D eigenvalue weighted by Gasteiger charge is 2.31. The summed E-state index contributed by atoms with van der Waals surface area (Å²) >= 11 is 0. The molecule has 0 saturated heterocycles. The van der Waals surface area contributed by atoms with Gasteiger partial charge < -0.3 is 15.1 Å². The Morgan fingerprint density at radius 2 is 1.70 bits per heavy atom. The van der Waals surface area contributed by atoms with E-state index in [1.54, 1.807) is 0 Å². The van der Waals surface area contributed by atoms with Gasteiger partial charge in [-0.3, -0.25) is 4.55 Å². The molecule has 0 aromatic heterocycles. The first kappa shape index (κ1) is 19.3. The third kappa shape index (κ3) is 7.75. The molecule has 0 heterocycles. The summed E-state index contributed by atoms with van der Waals surface area (Å²) < 4.78 is 30.4. The van der Waals surface area contributed by atoms with Crippen LogP contribution in [0, 0.1) is 0 Å². The first-order valence-electron chi connectivity index (χ1n) is 6.36. The summed E-state index contributed by atoms with van der Waals surface area (Å²) in [4.78, 5) is 14.1. The van der Waals surface area contributed by atoms with Crippen LogP contribution in [0.4, 0.5) is 0 Å². The Morgan fingerprint density at radius 1 is 1.15 bits per heavy atom. The lowest BCUT2D eigenvalue weighted by molar-refractivity contribution is -0.234. The molecule has 0 rings (SSSR count). The molecule has 0 fully saturated rings. The number of aliphatic hydroxyl groups excluding tert-OH is 2. The van der Waals surface area contributed by atoms with E-state index in [1.165, 1.54) is 0 Å². The zero-order valence-electron chi connectivity index (χ0n) is 11.3. The fourth-order valence-electron chi connectivity index (χ4n) is 1.68. The Morgan fingerprint density at radius 3 is 2.20 bits per heavy atom. The van der Waals surface area contributed by atoms with E-state index in [0.717, 1.165) is 6.92 Å². The largest absolute Gasteiger partial charge is 0.390 e. The molecule has 0 bridgehead atoms. The SMILES string of the molecule is CC(C(O)C(O)CCCCCCC(=O)OO)S(=O)(=O)O. The Kier molecular flexibility index (Phi) is 8.90. The second-order valence-corrected chi connectivity index (χ2v) is 6.47. The highest BCUT2D eigenvalue weighted by atomic mass is 32.2. The van der Waals surface area contributed by atoms with Crippen LogP contribution in [0.3, 0.4) is 0 Å². The summed E-state index contributed by atoms with van der Waals surface area (Å²) in [6.45, 7) is 1.11. The maximum absolute atomic E-state index is 10.8. The van der Waals surface area contributed by atoms with Crippen molar-refractivity contribution in [3.63, 3.8) is 0 Å². The number of hydrogen-bond donors (Lipinski definition) is 4. The smallest absolute Gasteiger partial charge is 0.342 e. The van der Waals surface area contributed by atoms with Crippen molar-refractivity contribution in [2.24, 2.45) is 0 Å². The summed E-state index contributed by atoms with van der Waals surface area (Å²) in [5.74, 6) is -0.706. The molecule has 0 aliphatic rings. The summed E-state index contributed by atoms with van der Waals surface area (Å²) in [5, 5.41) is 25.7. The second kappa shape index (κ2) is 9.24. The molecule has 0 aromatic carbocycles. The van der Waals surface area contributed by atoms with Crippen molar-refractivity contribution >= 4 is 16.1 Å². The zero-order valence-corrected chi connectivity index (χ0v) is 12.1. The van der Waals surface area contributed by atoms with Crippen molar-refractivity contribution in [3.05, 3.63) is 0 Å². The van der Waals surface area contributed by atoms with Crippen molar-refractivity contribution in [1.29, 1.82) is 0 Å².